The lowest BCUT2D eigenvalue weighted by molar-refractivity contribution is 0.442. The second-order valence-corrected chi connectivity index (χ2v) is 2.69. The number of nitriles is 1. The lowest BCUT2D eigenvalue weighted by atomic mass is 10.0. The predicted molar refractivity (Wildman–Crippen MR) is 44.0 cm³/mol. The third kappa shape index (κ3) is 1.08. The molecule has 1 aromatic carbocycles. The summed E-state index contributed by atoms with van der Waals surface area (Å²) in [7, 11) is 0. The highest BCUT2D eigenvalue weighted by molar-refractivity contribution is 5.58. The Morgan fingerprint density at radius 2 is 1.58 bits per heavy atom. The summed E-state index contributed by atoms with van der Waals surface area (Å²) in [5.74, 6) is -0.277. The number of phenolic OH excluding ortho intramolecular Hbond substituents is 2. The minimum Gasteiger partial charge on any atom is -0.506 e. The maximum absolute atomic E-state index is 9.32. The Morgan fingerprint density at radius 1 is 1.17 bits per heavy atom. The largest absolute Gasteiger partial charge is 0.506 e. The van der Waals surface area contributed by atoms with Crippen LogP contribution >= 0.6 is 0 Å². The molecule has 0 aliphatic rings. The van der Waals surface area contributed by atoms with Crippen LogP contribution in [0.1, 0.15) is 16.7 Å². The van der Waals surface area contributed by atoms with Crippen molar-refractivity contribution >= 4 is 0 Å². The number of benzene rings is 1. The number of hydrogen-bond donors (Lipinski definition) is 2. The van der Waals surface area contributed by atoms with Crippen LogP contribution in [0, 0.1) is 25.2 Å². The highest BCUT2D eigenvalue weighted by Crippen LogP contribution is 2.32. The number of aryl methyl sites for hydroxylation is 2. The molecule has 0 saturated carbocycles. The fourth-order valence-corrected chi connectivity index (χ4v) is 1.07. The van der Waals surface area contributed by atoms with Crippen LogP contribution < -0.4 is 0 Å². The molecule has 2 N–H and O–H groups in total. The quantitative estimate of drug-likeness (QED) is 0.610. The average Bonchev–Trinajstić information content (AvgIpc) is 2.02. The lowest BCUT2D eigenvalue weighted by Gasteiger charge is -2.05. The Labute approximate surface area is 70.5 Å². The second kappa shape index (κ2) is 2.74. The van der Waals surface area contributed by atoms with Crippen LogP contribution in [0.4, 0.5) is 0 Å². The van der Waals surface area contributed by atoms with E-state index >= 15 is 0 Å². The molecule has 0 spiro atoms. The predicted octanol–water partition coefficient (Wildman–Crippen LogP) is 1.59. The van der Waals surface area contributed by atoms with Crippen molar-refractivity contribution in [2.45, 2.75) is 13.8 Å². The zero-order valence-electron chi connectivity index (χ0n) is 6.92. The van der Waals surface area contributed by atoms with Crippen LogP contribution in [0.3, 0.4) is 0 Å². The summed E-state index contributed by atoms with van der Waals surface area (Å²) < 4.78 is 0. The van der Waals surface area contributed by atoms with Gasteiger partial charge in [0.25, 0.3) is 0 Å². The van der Waals surface area contributed by atoms with Crippen LogP contribution in [0.25, 0.3) is 0 Å². The molecule has 0 fully saturated rings. The van der Waals surface area contributed by atoms with E-state index in [-0.39, 0.29) is 17.1 Å². The second-order valence-electron chi connectivity index (χ2n) is 2.69. The van der Waals surface area contributed by atoms with Gasteiger partial charge in [0.2, 0.25) is 0 Å². The van der Waals surface area contributed by atoms with E-state index in [0.717, 1.165) is 0 Å². The Hall–Kier alpha value is -1.69. The van der Waals surface area contributed by atoms with Crippen molar-refractivity contribution in [1.29, 1.82) is 5.26 Å². The highest BCUT2D eigenvalue weighted by Gasteiger charge is 2.11. The summed E-state index contributed by atoms with van der Waals surface area (Å²) in [4.78, 5) is 0. The molecule has 0 aliphatic heterocycles. The average molecular weight is 163 g/mol. The molecule has 1 aromatic rings. The number of rotatable bonds is 0. The zero-order chi connectivity index (χ0) is 9.30. The van der Waals surface area contributed by atoms with Crippen molar-refractivity contribution in [3.8, 4) is 17.6 Å². The van der Waals surface area contributed by atoms with E-state index in [4.69, 9.17) is 5.26 Å². The molecule has 0 amide bonds. The molecule has 0 atom stereocenters. The first-order chi connectivity index (χ1) is 5.57. The van der Waals surface area contributed by atoms with E-state index in [0.29, 0.717) is 11.1 Å². The van der Waals surface area contributed by atoms with E-state index < -0.39 is 0 Å². The van der Waals surface area contributed by atoms with Gasteiger partial charge in [0.15, 0.2) is 0 Å². The Bertz CT molecular complexity index is 338. The molecule has 62 valence electrons. The molecule has 1 rings (SSSR count). The summed E-state index contributed by atoms with van der Waals surface area (Å²) >= 11 is 0. The van der Waals surface area contributed by atoms with E-state index in [9.17, 15) is 10.2 Å². The standard InChI is InChI=1S/C9H9NO2/c1-5-3-6(2)9(12)7(4-10)8(5)11/h3,11-12H,1-2H3. The van der Waals surface area contributed by atoms with Gasteiger partial charge < -0.3 is 10.2 Å². The number of aromatic hydroxyl groups is 2. The van der Waals surface area contributed by atoms with Gasteiger partial charge in [0.05, 0.1) is 0 Å². The maximum Gasteiger partial charge on any atom is 0.140 e. The molecule has 0 saturated heterocycles. The Kier molecular flexibility index (Phi) is 1.92. The third-order valence-electron chi connectivity index (χ3n) is 1.77. The SMILES string of the molecule is Cc1cc(C)c(O)c(C#N)c1O. The molecular weight excluding hydrogens is 154 g/mol. The number of phenols is 2. The minimum atomic E-state index is -0.138. The topological polar surface area (TPSA) is 64.2 Å². The van der Waals surface area contributed by atoms with E-state index in [1.165, 1.54) is 0 Å². The van der Waals surface area contributed by atoms with Gasteiger partial charge in [-0.3, -0.25) is 0 Å². The molecule has 3 nitrogen and oxygen atoms in total. The zero-order valence-corrected chi connectivity index (χ0v) is 6.92. The van der Waals surface area contributed by atoms with Crippen molar-refractivity contribution in [2.24, 2.45) is 0 Å². The number of nitrogens with zero attached hydrogens (tertiary/aromatic N) is 1. The number of hydrogen-bond acceptors (Lipinski definition) is 3. The third-order valence-corrected chi connectivity index (χ3v) is 1.77. The normalized spacial score (nSPS) is 9.42. The van der Waals surface area contributed by atoms with Crippen molar-refractivity contribution in [3.63, 3.8) is 0 Å². The van der Waals surface area contributed by atoms with Gasteiger partial charge in [-0.2, -0.15) is 5.26 Å². The first kappa shape index (κ1) is 8.41. The van der Waals surface area contributed by atoms with E-state index in [1.54, 1.807) is 26.0 Å². The molecule has 0 unspecified atom stereocenters. The van der Waals surface area contributed by atoms with Crippen LogP contribution in [0.5, 0.6) is 11.5 Å². The molecule has 0 radical (unpaired) electrons. The fraction of sp³-hybridized carbons (Fsp3) is 0.222. The summed E-state index contributed by atoms with van der Waals surface area (Å²) in [5, 5.41) is 27.2. The first-order valence-electron chi connectivity index (χ1n) is 3.50. The fourth-order valence-electron chi connectivity index (χ4n) is 1.07. The van der Waals surface area contributed by atoms with Crippen molar-refractivity contribution < 1.29 is 10.2 Å². The molecule has 0 aromatic heterocycles. The summed E-state index contributed by atoms with van der Waals surface area (Å²) in [6, 6.07) is 3.38. The molecule has 0 heterocycles. The van der Waals surface area contributed by atoms with Crippen LogP contribution in [0.15, 0.2) is 6.07 Å². The van der Waals surface area contributed by atoms with Crippen molar-refractivity contribution in [2.75, 3.05) is 0 Å². The summed E-state index contributed by atoms with van der Waals surface area (Å²) in [5.41, 5.74) is 1.15. The van der Waals surface area contributed by atoms with Gasteiger partial charge in [0, 0.05) is 0 Å². The van der Waals surface area contributed by atoms with Gasteiger partial charge in [-0.05, 0) is 31.0 Å². The van der Waals surface area contributed by atoms with Gasteiger partial charge in [-0.25, -0.2) is 0 Å². The van der Waals surface area contributed by atoms with Crippen molar-refractivity contribution in [3.05, 3.63) is 22.8 Å². The van der Waals surface area contributed by atoms with Gasteiger partial charge in [0.1, 0.15) is 23.1 Å². The molecule has 0 aliphatic carbocycles. The Balaban J connectivity index is 3.56. The van der Waals surface area contributed by atoms with Crippen LogP contribution in [-0.2, 0) is 0 Å². The maximum atomic E-state index is 9.32. The van der Waals surface area contributed by atoms with Gasteiger partial charge in [-0.1, -0.05) is 0 Å². The molecule has 0 bridgehead atoms. The van der Waals surface area contributed by atoms with Crippen molar-refractivity contribution in [1.82, 2.24) is 0 Å². The lowest BCUT2D eigenvalue weighted by Crippen LogP contribution is -1.86. The summed E-state index contributed by atoms with van der Waals surface area (Å²) in [6.45, 7) is 3.37. The molecule has 12 heavy (non-hydrogen) atoms. The molecule has 3 heteroatoms. The van der Waals surface area contributed by atoms with Crippen LogP contribution in [-0.4, -0.2) is 10.2 Å². The van der Waals surface area contributed by atoms with E-state index in [1.807, 2.05) is 0 Å². The van der Waals surface area contributed by atoms with E-state index in [2.05, 4.69) is 0 Å². The van der Waals surface area contributed by atoms with Gasteiger partial charge in [-0.15, -0.1) is 0 Å². The smallest absolute Gasteiger partial charge is 0.140 e. The monoisotopic (exact) mass is 163 g/mol. The first-order valence-corrected chi connectivity index (χ1v) is 3.50. The Morgan fingerprint density at radius 3 is 1.92 bits per heavy atom. The summed E-state index contributed by atoms with van der Waals surface area (Å²) in [6.07, 6.45) is 0. The van der Waals surface area contributed by atoms with Gasteiger partial charge >= 0.3 is 0 Å². The molecular formula is C9H9NO2. The van der Waals surface area contributed by atoms with Crippen LogP contribution in [0.2, 0.25) is 0 Å². The highest BCUT2D eigenvalue weighted by atomic mass is 16.3. The minimum absolute atomic E-state index is 0.0486.